The highest BCUT2D eigenvalue weighted by atomic mass is 16.7. The Morgan fingerprint density at radius 3 is 2.80 bits per heavy atom. The van der Waals surface area contributed by atoms with Crippen molar-refractivity contribution in [3.63, 3.8) is 0 Å². The van der Waals surface area contributed by atoms with Crippen LogP contribution in [0.25, 0.3) is 0 Å². The van der Waals surface area contributed by atoms with Gasteiger partial charge in [0.25, 0.3) is 5.79 Å². The van der Waals surface area contributed by atoms with Crippen LogP contribution in [-0.2, 0) is 9.59 Å². The van der Waals surface area contributed by atoms with Gasteiger partial charge in [0, 0.05) is 37.7 Å². The van der Waals surface area contributed by atoms with Crippen molar-refractivity contribution in [1.82, 2.24) is 10.2 Å². The fraction of sp³-hybridized carbons (Fsp3) is 0.556. The fourth-order valence-corrected chi connectivity index (χ4v) is 3.70. The Kier molecular flexibility index (Phi) is 4.25. The first kappa shape index (κ1) is 16.2. The molecule has 25 heavy (non-hydrogen) atoms. The van der Waals surface area contributed by atoms with E-state index >= 15 is 0 Å². The molecule has 2 aliphatic heterocycles. The summed E-state index contributed by atoms with van der Waals surface area (Å²) in [5, 5.41) is 5.63. The van der Waals surface area contributed by atoms with Crippen LogP contribution in [0.3, 0.4) is 0 Å². The van der Waals surface area contributed by atoms with Crippen LogP contribution in [0.5, 0.6) is 11.5 Å². The molecule has 7 heteroatoms. The number of nitrogens with one attached hydrogen (secondary N) is 2. The van der Waals surface area contributed by atoms with Gasteiger partial charge in [0.15, 0.2) is 11.5 Å². The summed E-state index contributed by atoms with van der Waals surface area (Å²) in [6.07, 6.45) is 5.25. The first-order valence-corrected chi connectivity index (χ1v) is 8.93. The zero-order valence-electron chi connectivity index (χ0n) is 14.2. The van der Waals surface area contributed by atoms with Gasteiger partial charge in [0.05, 0.1) is 13.1 Å². The fourth-order valence-electron chi connectivity index (χ4n) is 3.70. The maximum Gasteiger partial charge on any atom is 0.251 e. The summed E-state index contributed by atoms with van der Waals surface area (Å²) in [6.45, 7) is 1.73. The molecule has 0 aromatic heterocycles. The molecule has 1 aliphatic carbocycles. The monoisotopic (exact) mass is 345 g/mol. The van der Waals surface area contributed by atoms with Gasteiger partial charge in [-0.2, -0.15) is 0 Å². The molecule has 4 rings (SSSR count). The molecule has 0 unspecified atom stereocenters. The second-order valence-electron chi connectivity index (χ2n) is 6.95. The molecule has 134 valence electrons. The lowest BCUT2D eigenvalue weighted by molar-refractivity contribution is -0.125. The molecule has 1 spiro atoms. The van der Waals surface area contributed by atoms with E-state index in [4.69, 9.17) is 9.47 Å². The van der Waals surface area contributed by atoms with E-state index in [-0.39, 0.29) is 24.9 Å². The normalized spacial score (nSPS) is 21.8. The summed E-state index contributed by atoms with van der Waals surface area (Å²) >= 11 is 0. The largest absolute Gasteiger partial charge is 0.448 e. The smallest absolute Gasteiger partial charge is 0.251 e. The average Bonchev–Trinajstić information content (AvgIpc) is 2.92. The maximum absolute atomic E-state index is 12.2. The predicted molar refractivity (Wildman–Crippen MR) is 91.6 cm³/mol. The van der Waals surface area contributed by atoms with Gasteiger partial charge in [0.2, 0.25) is 11.8 Å². The zero-order chi connectivity index (χ0) is 17.3. The number of hydrogen-bond donors (Lipinski definition) is 2. The summed E-state index contributed by atoms with van der Waals surface area (Å²) in [5.41, 5.74) is 0.682. The van der Waals surface area contributed by atoms with Crippen LogP contribution in [-0.4, -0.2) is 48.7 Å². The number of anilines is 1. The van der Waals surface area contributed by atoms with Crippen LogP contribution >= 0.6 is 0 Å². The van der Waals surface area contributed by atoms with Gasteiger partial charge in [-0.1, -0.05) is 6.42 Å². The van der Waals surface area contributed by atoms with Crippen molar-refractivity contribution in [2.45, 2.75) is 37.9 Å². The van der Waals surface area contributed by atoms with E-state index in [1.807, 2.05) is 23.1 Å². The summed E-state index contributed by atoms with van der Waals surface area (Å²) in [6, 6.07) is 5.49. The number of benzene rings is 1. The van der Waals surface area contributed by atoms with Crippen molar-refractivity contribution in [3.8, 4) is 11.5 Å². The van der Waals surface area contributed by atoms with Gasteiger partial charge in [0.1, 0.15) is 0 Å². The average molecular weight is 345 g/mol. The Morgan fingerprint density at radius 2 is 2.00 bits per heavy atom. The summed E-state index contributed by atoms with van der Waals surface area (Å²) in [4.78, 5) is 25.4. The standard InChI is InChI=1S/C18H23N3O4/c22-16-11-21(9-8-19-16)12-17(23)20-13-4-5-14-15(10-13)25-18(24-14)6-2-1-3-7-18/h4-5,10H,1-3,6-9,11-12H2,(H,19,22)(H,20,23). The van der Waals surface area contributed by atoms with Gasteiger partial charge in [-0.3, -0.25) is 14.5 Å². The van der Waals surface area contributed by atoms with Gasteiger partial charge >= 0.3 is 0 Å². The number of fused-ring (bicyclic) bond motifs is 1. The van der Waals surface area contributed by atoms with Crippen LogP contribution in [0.1, 0.15) is 32.1 Å². The lowest BCUT2D eigenvalue weighted by Crippen LogP contribution is -2.49. The van der Waals surface area contributed by atoms with Crippen molar-refractivity contribution in [2.75, 3.05) is 31.5 Å². The molecule has 7 nitrogen and oxygen atoms in total. The Morgan fingerprint density at radius 1 is 1.20 bits per heavy atom. The molecule has 2 N–H and O–H groups in total. The van der Waals surface area contributed by atoms with Gasteiger partial charge < -0.3 is 20.1 Å². The molecule has 1 saturated heterocycles. The minimum Gasteiger partial charge on any atom is -0.448 e. The molecule has 1 saturated carbocycles. The van der Waals surface area contributed by atoms with E-state index in [9.17, 15) is 9.59 Å². The molecule has 3 aliphatic rings. The number of carbonyl (C=O) groups is 2. The van der Waals surface area contributed by atoms with Crippen LogP contribution < -0.4 is 20.1 Å². The highest BCUT2D eigenvalue weighted by Gasteiger charge is 2.42. The van der Waals surface area contributed by atoms with Crippen LogP contribution in [0, 0.1) is 0 Å². The zero-order valence-corrected chi connectivity index (χ0v) is 14.2. The summed E-state index contributed by atoms with van der Waals surface area (Å²) < 4.78 is 12.1. The molecular weight excluding hydrogens is 322 g/mol. The van der Waals surface area contributed by atoms with Crippen molar-refractivity contribution in [2.24, 2.45) is 0 Å². The number of amides is 2. The minimum atomic E-state index is -0.510. The molecule has 2 heterocycles. The molecule has 0 bridgehead atoms. The maximum atomic E-state index is 12.2. The lowest BCUT2D eigenvalue weighted by Gasteiger charge is -2.31. The van der Waals surface area contributed by atoms with Gasteiger partial charge in [-0.25, -0.2) is 0 Å². The Labute approximate surface area is 146 Å². The van der Waals surface area contributed by atoms with Crippen molar-refractivity contribution in [1.29, 1.82) is 0 Å². The molecule has 2 fully saturated rings. The Hall–Kier alpha value is -2.28. The van der Waals surface area contributed by atoms with Crippen molar-refractivity contribution >= 4 is 17.5 Å². The molecule has 0 radical (unpaired) electrons. The van der Waals surface area contributed by atoms with E-state index in [0.29, 0.717) is 24.5 Å². The first-order valence-electron chi connectivity index (χ1n) is 8.93. The second kappa shape index (κ2) is 6.55. The molecule has 0 atom stereocenters. The highest BCUT2D eigenvalue weighted by Crippen LogP contribution is 2.46. The molecular formula is C18H23N3O4. The second-order valence-corrected chi connectivity index (χ2v) is 6.95. The van der Waals surface area contributed by atoms with Gasteiger partial charge in [-0.05, 0) is 25.0 Å². The molecule has 1 aromatic rings. The number of piperazine rings is 1. The predicted octanol–water partition coefficient (Wildman–Crippen LogP) is 1.49. The first-order chi connectivity index (χ1) is 12.1. The third kappa shape index (κ3) is 3.56. The quantitative estimate of drug-likeness (QED) is 0.868. The number of rotatable bonds is 3. The highest BCUT2D eigenvalue weighted by molar-refractivity contribution is 5.93. The number of hydrogen-bond acceptors (Lipinski definition) is 5. The SMILES string of the molecule is O=C1CN(CC(=O)Nc2ccc3c(c2)OC2(CCCCC2)O3)CCN1. The van der Waals surface area contributed by atoms with E-state index in [1.165, 1.54) is 6.42 Å². The number of carbonyl (C=O) groups excluding carboxylic acids is 2. The van der Waals surface area contributed by atoms with E-state index in [1.54, 1.807) is 0 Å². The van der Waals surface area contributed by atoms with E-state index < -0.39 is 5.79 Å². The van der Waals surface area contributed by atoms with Gasteiger partial charge in [-0.15, -0.1) is 0 Å². The number of nitrogens with zero attached hydrogens (tertiary/aromatic N) is 1. The van der Waals surface area contributed by atoms with E-state index in [0.717, 1.165) is 31.4 Å². The topological polar surface area (TPSA) is 79.9 Å². The summed E-state index contributed by atoms with van der Waals surface area (Å²) in [5.74, 6) is 0.746. The van der Waals surface area contributed by atoms with Crippen molar-refractivity contribution < 1.29 is 19.1 Å². The molecule has 2 amide bonds. The Balaban J connectivity index is 1.37. The van der Waals surface area contributed by atoms with Crippen LogP contribution in [0.4, 0.5) is 5.69 Å². The third-order valence-electron chi connectivity index (χ3n) is 4.92. The molecule has 1 aromatic carbocycles. The van der Waals surface area contributed by atoms with E-state index in [2.05, 4.69) is 10.6 Å². The number of ether oxygens (including phenoxy) is 2. The summed E-state index contributed by atoms with van der Waals surface area (Å²) in [7, 11) is 0. The van der Waals surface area contributed by atoms with Crippen molar-refractivity contribution in [3.05, 3.63) is 18.2 Å². The minimum absolute atomic E-state index is 0.0418. The lowest BCUT2D eigenvalue weighted by atomic mass is 9.94. The third-order valence-corrected chi connectivity index (χ3v) is 4.92. The van der Waals surface area contributed by atoms with Crippen LogP contribution in [0.15, 0.2) is 18.2 Å². The Bertz CT molecular complexity index is 685. The van der Waals surface area contributed by atoms with Crippen LogP contribution in [0.2, 0.25) is 0 Å².